The van der Waals surface area contributed by atoms with Crippen LogP contribution >= 0.6 is 11.6 Å². The number of nitro benzene ring substituents is 1. The molecule has 0 saturated heterocycles. The summed E-state index contributed by atoms with van der Waals surface area (Å²) < 4.78 is 30.6. The SMILES string of the molecule is COCC(NS(=O)(=O)c1ccc([N+](=O)[O-])cc1Cl)C(=O)O. The van der Waals surface area contributed by atoms with Crippen LogP contribution in [0.25, 0.3) is 0 Å². The molecule has 0 bridgehead atoms. The molecule has 0 aliphatic heterocycles. The molecular formula is C10H11ClN2O7S. The summed E-state index contributed by atoms with van der Waals surface area (Å²) in [5.74, 6) is -1.43. The number of halogens is 1. The fourth-order valence-electron chi connectivity index (χ4n) is 1.39. The quantitative estimate of drug-likeness (QED) is 0.549. The zero-order valence-electron chi connectivity index (χ0n) is 10.6. The van der Waals surface area contributed by atoms with E-state index in [-0.39, 0.29) is 12.3 Å². The number of ether oxygens (including phenoxy) is 1. The van der Waals surface area contributed by atoms with Crippen molar-refractivity contribution in [3.8, 4) is 0 Å². The predicted molar refractivity (Wildman–Crippen MR) is 71.7 cm³/mol. The van der Waals surface area contributed by atoms with Gasteiger partial charge in [0, 0.05) is 19.2 Å². The third-order valence-corrected chi connectivity index (χ3v) is 4.30. The lowest BCUT2D eigenvalue weighted by molar-refractivity contribution is -0.384. The van der Waals surface area contributed by atoms with E-state index >= 15 is 0 Å². The van der Waals surface area contributed by atoms with Gasteiger partial charge in [0.25, 0.3) is 5.69 Å². The molecule has 21 heavy (non-hydrogen) atoms. The Morgan fingerprint density at radius 1 is 1.57 bits per heavy atom. The largest absolute Gasteiger partial charge is 0.480 e. The van der Waals surface area contributed by atoms with Crippen LogP contribution in [0.1, 0.15) is 0 Å². The first-order valence-electron chi connectivity index (χ1n) is 5.37. The zero-order chi connectivity index (χ0) is 16.2. The summed E-state index contributed by atoms with van der Waals surface area (Å²) in [4.78, 5) is 20.3. The van der Waals surface area contributed by atoms with Crippen molar-refractivity contribution in [1.29, 1.82) is 0 Å². The van der Waals surface area contributed by atoms with Crippen LogP contribution in [0, 0.1) is 10.1 Å². The Bertz CT molecular complexity index is 661. The normalized spacial score (nSPS) is 12.9. The number of aliphatic carboxylic acids is 1. The first-order chi connectivity index (χ1) is 9.69. The number of hydrogen-bond donors (Lipinski definition) is 2. The average molecular weight is 339 g/mol. The number of nitrogens with one attached hydrogen (secondary N) is 1. The third-order valence-electron chi connectivity index (χ3n) is 2.34. The molecule has 0 heterocycles. The van der Waals surface area contributed by atoms with Crippen LogP contribution in [-0.2, 0) is 19.6 Å². The van der Waals surface area contributed by atoms with Crippen LogP contribution in [-0.4, -0.2) is 44.2 Å². The lowest BCUT2D eigenvalue weighted by Crippen LogP contribution is -2.43. The van der Waals surface area contributed by atoms with Gasteiger partial charge in [-0.15, -0.1) is 0 Å². The lowest BCUT2D eigenvalue weighted by Gasteiger charge is -2.14. The van der Waals surface area contributed by atoms with Gasteiger partial charge in [-0.25, -0.2) is 8.42 Å². The van der Waals surface area contributed by atoms with Crippen molar-refractivity contribution in [3.63, 3.8) is 0 Å². The van der Waals surface area contributed by atoms with E-state index in [2.05, 4.69) is 4.74 Å². The summed E-state index contributed by atoms with van der Waals surface area (Å²) in [5, 5.41) is 19.0. The van der Waals surface area contributed by atoms with Crippen LogP contribution in [0.3, 0.4) is 0 Å². The van der Waals surface area contributed by atoms with Gasteiger partial charge < -0.3 is 9.84 Å². The van der Waals surface area contributed by atoms with Crippen molar-refractivity contribution >= 4 is 33.3 Å². The van der Waals surface area contributed by atoms with E-state index in [0.717, 1.165) is 18.2 Å². The number of carbonyl (C=O) groups is 1. The van der Waals surface area contributed by atoms with E-state index in [9.17, 15) is 23.3 Å². The Kier molecular flexibility index (Phi) is 5.61. The van der Waals surface area contributed by atoms with Crippen molar-refractivity contribution in [3.05, 3.63) is 33.3 Å². The first-order valence-corrected chi connectivity index (χ1v) is 7.23. The minimum atomic E-state index is -4.27. The highest BCUT2D eigenvalue weighted by Gasteiger charge is 2.27. The number of nitrogens with zero attached hydrogens (tertiary/aromatic N) is 1. The van der Waals surface area contributed by atoms with Gasteiger partial charge in [0.1, 0.15) is 10.9 Å². The highest BCUT2D eigenvalue weighted by atomic mass is 35.5. The molecule has 1 atom stereocenters. The Hall–Kier alpha value is -1.75. The summed E-state index contributed by atoms with van der Waals surface area (Å²) in [7, 11) is -3.05. The second kappa shape index (κ2) is 6.80. The molecule has 1 rings (SSSR count). The first kappa shape index (κ1) is 17.3. The number of non-ortho nitro benzene ring substituents is 1. The summed E-state index contributed by atoms with van der Waals surface area (Å²) >= 11 is 5.70. The second-order valence-corrected chi connectivity index (χ2v) is 5.93. The van der Waals surface area contributed by atoms with Crippen molar-refractivity contribution in [2.45, 2.75) is 10.9 Å². The molecule has 0 aromatic heterocycles. The van der Waals surface area contributed by atoms with E-state index in [4.69, 9.17) is 16.7 Å². The number of benzene rings is 1. The summed E-state index contributed by atoms with van der Waals surface area (Å²) in [6, 6.07) is 1.23. The van der Waals surface area contributed by atoms with E-state index in [0.29, 0.717) is 0 Å². The maximum absolute atomic E-state index is 12.0. The molecule has 11 heteroatoms. The maximum Gasteiger partial charge on any atom is 0.324 e. The zero-order valence-corrected chi connectivity index (χ0v) is 12.2. The van der Waals surface area contributed by atoms with Crippen LogP contribution in [0.15, 0.2) is 23.1 Å². The van der Waals surface area contributed by atoms with E-state index in [1.54, 1.807) is 0 Å². The molecule has 0 amide bonds. The highest BCUT2D eigenvalue weighted by molar-refractivity contribution is 7.89. The molecule has 0 aliphatic rings. The van der Waals surface area contributed by atoms with Crippen molar-refractivity contribution in [2.75, 3.05) is 13.7 Å². The molecule has 9 nitrogen and oxygen atoms in total. The molecule has 0 spiro atoms. The topological polar surface area (TPSA) is 136 Å². The Labute approximate surface area is 124 Å². The van der Waals surface area contributed by atoms with Crippen LogP contribution in [0.2, 0.25) is 5.02 Å². The van der Waals surface area contributed by atoms with E-state index in [1.165, 1.54) is 7.11 Å². The fourth-order valence-corrected chi connectivity index (χ4v) is 3.11. The number of nitro groups is 1. The van der Waals surface area contributed by atoms with Crippen LogP contribution in [0.4, 0.5) is 5.69 Å². The fraction of sp³-hybridized carbons (Fsp3) is 0.300. The molecular weight excluding hydrogens is 328 g/mol. The van der Waals surface area contributed by atoms with Crippen molar-refractivity contribution < 1.29 is 28.0 Å². The third kappa shape index (κ3) is 4.36. The lowest BCUT2D eigenvalue weighted by atomic mass is 10.3. The molecule has 0 fully saturated rings. The molecule has 2 N–H and O–H groups in total. The van der Waals surface area contributed by atoms with Crippen molar-refractivity contribution in [2.24, 2.45) is 0 Å². The van der Waals surface area contributed by atoms with Gasteiger partial charge in [0.15, 0.2) is 0 Å². The second-order valence-electron chi connectivity index (χ2n) is 3.84. The standard InChI is InChI=1S/C10H11ClN2O7S/c1-20-5-8(10(14)15)12-21(18,19)9-3-2-6(13(16)17)4-7(9)11/h2-4,8,12H,5H2,1H3,(H,14,15). The number of carboxylic acids is 1. The Balaban J connectivity index is 3.13. The number of hydrogen-bond acceptors (Lipinski definition) is 6. The number of rotatable bonds is 7. The van der Waals surface area contributed by atoms with Crippen molar-refractivity contribution in [1.82, 2.24) is 4.72 Å². The minimum Gasteiger partial charge on any atom is -0.480 e. The van der Waals surface area contributed by atoms with E-state index < -0.39 is 36.9 Å². The van der Waals surface area contributed by atoms with Gasteiger partial charge in [0.2, 0.25) is 10.0 Å². The minimum absolute atomic E-state index is 0.384. The summed E-state index contributed by atoms with van der Waals surface area (Å²) in [6.07, 6.45) is 0. The van der Waals surface area contributed by atoms with Gasteiger partial charge in [-0.2, -0.15) is 4.72 Å². The van der Waals surface area contributed by atoms with Crippen LogP contribution in [0.5, 0.6) is 0 Å². The smallest absolute Gasteiger partial charge is 0.324 e. The van der Waals surface area contributed by atoms with E-state index in [1.807, 2.05) is 4.72 Å². The van der Waals surface area contributed by atoms with Gasteiger partial charge in [0.05, 0.1) is 16.6 Å². The van der Waals surface area contributed by atoms with Gasteiger partial charge in [-0.3, -0.25) is 14.9 Å². The van der Waals surface area contributed by atoms with Gasteiger partial charge >= 0.3 is 5.97 Å². The molecule has 0 saturated carbocycles. The van der Waals surface area contributed by atoms with Gasteiger partial charge in [-0.1, -0.05) is 11.6 Å². The summed E-state index contributed by atoms with van der Waals surface area (Å²) in [6.45, 7) is -0.390. The molecule has 0 radical (unpaired) electrons. The monoisotopic (exact) mass is 338 g/mol. The molecule has 0 aliphatic carbocycles. The molecule has 1 aromatic carbocycles. The highest BCUT2D eigenvalue weighted by Crippen LogP contribution is 2.26. The summed E-state index contributed by atoms with van der Waals surface area (Å²) in [5.41, 5.74) is -0.384. The number of sulfonamides is 1. The maximum atomic E-state index is 12.0. The van der Waals surface area contributed by atoms with Crippen LogP contribution < -0.4 is 4.72 Å². The molecule has 1 aromatic rings. The average Bonchev–Trinajstić information content (AvgIpc) is 2.37. The predicted octanol–water partition coefficient (Wildman–Crippen LogP) is 0.626. The Morgan fingerprint density at radius 3 is 2.62 bits per heavy atom. The number of methoxy groups -OCH3 is 1. The van der Waals surface area contributed by atoms with Gasteiger partial charge in [-0.05, 0) is 6.07 Å². The number of carboxylic acid groups (broad SMARTS) is 1. The molecule has 116 valence electrons. The Morgan fingerprint density at radius 2 is 2.19 bits per heavy atom. The molecule has 1 unspecified atom stereocenters.